The number of carbonyl (C=O) groups is 1. The van der Waals surface area contributed by atoms with Gasteiger partial charge in [-0.1, -0.05) is 30.4 Å². The highest BCUT2D eigenvalue weighted by atomic mass is 16.5. The van der Waals surface area contributed by atoms with Crippen molar-refractivity contribution in [2.45, 2.75) is 25.4 Å². The predicted octanol–water partition coefficient (Wildman–Crippen LogP) is 3.59. The molecule has 0 saturated carbocycles. The summed E-state index contributed by atoms with van der Waals surface area (Å²) in [6, 6.07) is 9.82. The molecule has 3 rings (SSSR count). The van der Waals surface area contributed by atoms with Crippen LogP contribution in [-0.2, 0) is 9.53 Å². The van der Waals surface area contributed by atoms with Gasteiger partial charge in [-0.3, -0.25) is 4.79 Å². The van der Waals surface area contributed by atoms with Crippen molar-refractivity contribution in [3.05, 3.63) is 48.2 Å². The lowest BCUT2D eigenvalue weighted by atomic mass is 9.93. The van der Waals surface area contributed by atoms with Crippen molar-refractivity contribution >= 4 is 16.9 Å². The van der Waals surface area contributed by atoms with E-state index in [2.05, 4.69) is 17.5 Å². The Hall–Kier alpha value is -2.07. The third-order valence-electron chi connectivity index (χ3n) is 4.15. The summed E-state index contributed by atoms with van der Waals surface area (Å²) in [5.41, 5.74) is 0.836. The van der Waals surface area contributed by atoms with Crippen molar-refractivity contribution in [2.75, 3.05) is 13.7 Å². The van der Waals surface area contributed by atoms with Crippen LogP contribution in [0.1, 0.15) is 31.1 Å². The second-order valence-electron chi connectivity index (χ2n) is 5.64. The number of allylic oxidation sites excluding steroid dienone is 2. The van der Waals surface area contributed by atoms with E-state index in [1.807, 2.05) is 30.3 Å². The van der Waals surface area contributed by atoms with Crippen LogP contribution in [0.5, 0.6) is 0 Å². The van der Waals surface area contributed by atoms with Gasteiger partial charge in [-0.2, -0.15) is 0 Å². The lowest BCUT2D eigenvalue weighted by Crippen LogP contribution is -2.34. The third kappa shape index (κ3) is 3.22. The fraction of sp³-hybridized carbons (Fsp3) is 0.389. The van der Waals surface area contributed by atoms with E-state index in [0.29, 0.717) is 6.54 Å². The second kappa shape index (κ2) is 6.79. The summed E-state index contributed by atoms with van der Waals surface area (Å²) in [6.45, 7) is 0.426. The van der Waals surface area contributed by atoms with Crippen LogP contribution in [0.25, 0.3) is 11.0 Å². The maximum atomic E-state index is 12.2. The van der Waals surface area contributed by atoms with Crippen LogP contribution in [0, 0.1) is 5.92 Å². The molecule has 0 bridgehead atoms. The molecule has 0 aliphatic heterocycles. The quantitative estimate of drug-likeness (QED) is 0.858. The standard InChI is InChI=1S/C18H21NO3/c1-21-17(12-19-18(20)13-7-3-2-4-8-13)16-11-14-9-5-6-10-15(14)22-16/h2-3,5-6,9-11,13,17H,4,7-8,12H2,1H3,(H,19,20)/t13-,17+/m0/s1. The highest BCUT2D eigenvalue weighted by Crippen LogP contribution is 2.25. The van der Waals surface area contributed by atoms with Crippen LogP contribution in [-0.4, -0.2) is 19.6 Å². The van der Waals surface area contributed by atoms with Gasteiger partial charge in [0, 0.05) is 18.4 Å². The van der Waals surface area contributed by atoms with Gasteiger partial charge < -0.3 is 14.5 Å². The average molecular weight is 299 g/mol. The number of methoxy groups -OCH3 is 1. The molecular formula is C18H21NO3. The molecule has 22 heavy (non-hydrogen) atoms. The minimum Gasteiger partial charge on any atom is -0.458 e. The number of benzene rings is 1. The first kappa shape index (κ1) is 14.9. The number of para-hydroxylation sites is 1. The van der Waals surface area contributed by atoms with Gasteiger partial charge in [0.2, 0.25) is 5.91 Å². The molecule has 2 atom stereocenters. The molecule has 1 aliphatic carbocycles. The molecule has 0 spiro atoms. The largest absolute Gasteiger partial charge is 0.458 e. The van der Waals surface area contributed by atoms with E-state index in [1.165, 1.54) is 0 Å². The first-order chi connectivity index (χ1) is 10.8. The normalized spacial score (nSPS) is 19.2. The van der Waals surface area contributed by atoms with E-state index in [0.717, 1.165) is 36.0 Å². The Balaban J connectivity index is 1.64. The number of hydrogen-bond acceptors (Lipinski definition) is 3. The lowest BCUT2D eigenvalue weighted by molar-refractivity contribution is -0.125. The highest BCUT2D eigenvalue weighted by molar-refractivity contribution is 5.79. The van der Waals surface area contributed by atoms with Crippen LogP contribution in [0.3, 0.4) is 0 Å². The summed E-state index contributed by atoms with van der Waals surface area (Å²) >= 11 is 0. The van der Waals surface area contributed by atoms with Gasteiger partial charge in [-0.25, -0.2) is 0 Å². The molecule has 1 amide bonds. The van der Waals surface area contributed by atoms with Crippen molar-refractivity contribution in [3.8, 4) is 0 Å². The number of furan rings is 1. The molecule has 0 unspecified atom stereocenters. The molecule has 116 valence electrons. The van der Waals surface area contributed by atoms with Crippen molar-refractivity contribution in [1.82, 2.24) is 5.32 Å². The number of rotatable bonds is 5. The zero-order valence-corrected chi connectivity index (χ0v) is 12.7. The number of amides is 1. The Labute approximate surface area is 130 Å². The molecule has 0 radical (unpaired) electrons. The fourth-order valence-corrected chi connectivity index (χ4v) is 2.83. The van der Waals surface area contributed by atoms with Crippen molar-refractivity contribution in [1.29, 1.82) is 0 Å². The average Bonchev–Trinajstić information content (AvgIpc) is 3.00. The van der Waals surface area contributed by atoms with Crippen LogP contribution >= 0.6 is 0 Å². The molecule has 0 fully saturated rings. The van der Waals surface area contributed by atoms with Crippen LogP contribution in [0.4, 0.5) is 0 Å². The number of carbonyl (C=O) groups excluding carboxylic acids is 1. The van der Waals surface area contributed by atoms with E-state index in [4.69, 9.17) is 9.15 Å². The summed E-state index contributed by atoms with van der Waals surface area (Å²) in [5.74, 6) is 0.924. The summed E-state index contributed by atoms with van der Waals surface area (Å²) in [6.07, 6.45) is 6.68. The predicted molar refractivity (Wildman–Crippen MR) is 85.5 cm³/mol. The first-order valence-corrected chi connectivity index (χ1v) is 7.72. The zero-order chi connectivity index (χ0) is 15.4. The van der Waals surface area contributed by atoms with Crippen LogP contribution in [0.2, 0.25) is 0 Å². The maximum absolute atomic E-state index is 12.2. The van der Waals surface area contributed by atoms with Crippen molar-refractivity contribution in [3.63, 3.8) is 0 Å². The third-order valence-corrected chi connectivity index (χ3v) is 4.15. The molecule has 1 heterocycles. The Kier molecular flexibility index (Phi) is 4.59. The topological polar surface area (TPSA) is 51.5 Å². The van der Waals surface area contributed by atoms with Crippen molar-refractivity contribution < 1.29 is 13.9 Å². The number of hydrogen-bond donors (Lipinski definition) is 1. The van der Waals surface area contributed by atoms with Gasteiger partial charge >= 0.3 is 0 Å². The van der Waals surface area contributed by atoms with E-state index in [1.54, 1.807) is 7.11 Å². The van der Waals surface area contributed by atoms with Gasteiger partial charge in [0.05, 0.1) is 6.54 Å². The summed E-state index contributed by atoms with van der Waals surface area (Å²) < 4.78 is 11.3. The number of ether oxygens (including phenoxy) is 1. The molecule has 1 aromatic carbocycles. The fourth-order valence-electron chi connectivity index (χ4n) is 2.83. The minimum atomic E-state index is -0.268. The second-order valence-corrected chi connectivity index (χ2v) is 5.64. The van der Waals surface area contributed by atoms with E-state index in [9.17, 15) is 4.79 Å². The van der Waals surface area contributed by atoms with Crippen LogP contribution in [0.15, 0.2) is 46.9 Å². The summed E-state index contributed by atoms with van der Waals surface area (Å²) in [4.78, 5) is 12.2. The summed E-state index contributed by atoms with van der Waals surface area (Å²) in [5, 5.41) is 4.03. The van der Waals surface area contributed by atoms with E-state index < -0.39 is 0 Å². The monoisotopic (exact) mass is 299 g/mol. The first-order valence-electron chi connectivity index (χ1n) is 7.72. The lowest BCUT2D eigenvalue weighted by Gasteiger charge is -2.19. The van der Waals surface area contributed by atoms with Gasteiger partial charge in [0.25, 0.3) is 0 Å². The zero-order valence-electron chi connectivity index (χ0n) is 12.7. The van der Waals surface area contributed by atoms with Gasteiger partial charge in [0.15, 0.2) is 0 Å². The molecule has 4 heteroatoms. The highest BCUT2D eigenvalue weighted by Gasteiger charge is 2.21. The van der Waals surface area contributed by atoms with Gasteiger partial charge in [-0.15, -0.1) is 0 Å². The molecule has 1 aromatic heterocycles. The number of nitrogens with one attached hydrogen (secondary N) is 1. The Morgan fingerprint density at radius 1 is 1.41 bits per heavy atom. The van der Waals surface area contributed by atoms with Crippen LogP contribution < -0.4 is 5.32 Å². The Morgan fingerprint density at radius 2 is 2.27 bits per heavy atom. The molecule has 1 N–H and O–H groups in total. The Morgan fingerprint density at radius 3 is 3.00 bits per heavy atom. The smallest absolute Gasteiger partial charge is 0.223 e. The SMILES string of the molecule is CO[C@H](CNC(=O)[C@H]1CC=CCC1)c1cc2ccccc2o1. The Bertz CT molecular complexity index is 641. The molecule has 0 saturated heterocycles. The van der Waals surface area contributed by atoms with Gasteiger partial charge in [-0.05, 0) is 31.4 Å². The molecular weight excluding hydrogens is 278 g/mol. The summed E-state index contributed by atoms with van der Waals surface area (Å²) in [7, 11) is 1.63. The molecule has 4 nitrogen and oxygen atoms in total. The maximum Gasteiger partial charge on any atom is 0.223 e. The van der Waals surface area contributed by atoms with E-state index in [-0.39, 0.29) is 17.9 Å². The number of fused-ring (bicyclic) bond motifs is 1. The molecule has 1 aliphatic rings. The van der Waals surface area contributed by atoms with Gasteiger partial charge in [0.1, 0.15) is 17.4 Å². The molecule has 2 aromatic rings. The minimum absolute atomic E-state index is 0.0816. The van der Waals surface area contributed by atoms with E-state index >= 15 is 0 Å². The van der Waals surface area contributed by atoms with Crippen molar-refractivity contribution in [2.24, 2.45) is 5.92 Å².